The Morgan fingerprint density at radius 2 is 1.79 bits per heavy atom. The third kappa shape index (κ3) is 5.18. The first-order chi connectivity index (χ1) is 25.7. The number of hydrogen-bond donors (Lipinski definition) is 0. The first kappa shape index (κ1) is 32.1. The van der Waals surface area contributed by atoms with Crippen LogP contribution in [0.4, 0.5) is 5.69 Å². The lowest BCUT2D eigenvalue weighted by Crippen LogP contribution is -2.30. The Hall–Kier alpha value is -4.60. The third-order valence-corrected chi connectivity index (χ3v) is 14.0. The van der Waals surface area contributed by atoms with Crippen molar-refractivity contribution in [1.29, 1.82) is 0 Å². The Kier molecular flexibility index (Phi) is 8.09. The number of thioether (sulfide) groups is 2. The zero-order valence-electron chi connectivity index (χ0n) is 29.6. The minimum Gasteiger partial charge on any atom is -0.484 e. The van der Waals surface area contributed by atoms with Crippen LogP contribution in [0.3, 0.4) is 0 Å². The van der Waals surface area contributed by atoms with Gasteiger partial charge in [0.1, 0.15) is 11.9 Å². The van der Waals surface area contributed by atoms with Gasteiger partial charge in [0.15, 0.2) is 0 Å². The van der Waals surface area contributed by atoms with Gasteiger partial charge in [-0.25, -0.2) is 0 Å². The predicted molar refractivity (Wildman–Crippen MR) is 222 cm³/mol. The molecule has 4 heteroatoms. The minimum atomic E-state index is 0.0135. The molecule has 10 rings (SSSR count). The molecule has 5 aliphatic carbocycles. The van der Waals surface area contributed by atoms with Crippen LogP contribution in [0, 0.1) is 11.8 Å². The SMILES string of the molecule is CSC1=CCC2C(=C1C1=C(C)CCC=C1N(C1=C3C4=C(C=C=CC4)OC3CC=C1)c1ccc(-c3cccc4ccccc34)cc1)SC1C=CC=CC12. The zero-order valence-corrected chi connectivity index (χ0v) is 31.3. The van der Waals surface area contributed by atoms with Gasteiger partial charge in [-0.3, -0.25) is 0 Å². The summed E-state index contributed by atoms with van der Waals surface area (Å²) in [7, 11) is 0. The lowest BCUT2D eigenvalue weighted by Gasteiger charge is -2.38. The second-order valence-electron chi connectivity index (χ2n) is 14.6. The highest BCUT2D eigenvalue weighted by Gasteiger charge is 2.44. The molecule has 7 aliphatic rings. The van der Waals surface area contributed by atoms with Crippen molar-refractivity contribution in [2.24, 2.45) is 11.8 Å². The van der Waals surface area contributed by atoms with Crippen molar-refractivity contribution in [3.05, 3.63) is 188 Å². The Morgan fingerprint density at radius 1 is 0.923 bits per heavy atom. The average Bonchev–Trinajstić information content (AvgIpc) is 3.77. The monoisotopic (exact) mass is 711 g/mol. The largest absolute Gasteiger partial charge is 0.484 e. The molecule has 2 heterocycles. The molecule has 256 valence electrons. The van der Waals surface area contributed by atoms with Crippen molar-refractivity contribution in [3.8, 4) is 11.1 Å². The summed E-state index contributed by atoms with van der Waals surface area (Å²) >= 11 is 4.03. The molecule has 0 N–H and O–H groups in total. The molecule has 4 unspecified atom stereocenters. The van der Waals surface area contributed by atoms with Gasteiger partial charge >= 0.3 is 0 Å². The highest BCUT2D eigenvalue weighted by atomic mass is 32.2. The molecular weight excluding hydrogens is 671 g/mol. The van der Waals surface area contributed by atoms with Crippen LogP contribution in [-0.2, 0) is 4.74 Å². The van der Waals surface area contributed by atoms with Crippen LogP contribution in [0.25, 0.3) is 21.9 Å². The molecule has 0 saturated carbocycles. The number of nitrogens with zero attached hydrogens (tertiary/aromatic N) is 1. The van der Waals surface area contributed by atoms with E-state index in [1.165, 1.54) is 71.8 Å². The van der Waals surface area contributed by atoms with E-state index < -0.39 is 0 Å². The third-order valence-electron chi connectivity index (χ3n) is 11.7. The zero-order chi connectivity index (χ0) is 34.8. The van der Waals surface area contributed by atoms with Gasteiger partial charge < -0.3 is 9.64 Å². The van der Waals surface area contributed by atoms with Crippen molar-refractivity contribution in [2.75, 3.05) is 11.2 Å². The van der Waals surface area contributed by atoms with Crippen LogP contribution in [-0.4, -0.2) is 17.6 Å². The Labute approximate surface area is 315 Å². The van der Waals surface area contributed by atoms with Crippen molar-refractivity contribution >= 4 is 40.0 Å². The lowest BCUT2D eigenvalue weighted by atomic mass is 9.78. The summed E-state index contributed by atoms with van der Waals surface area (Å²) in [6.07, 6.45) is 30.6. The molecule has 3 aromatic carbocycles. The van der Waals surface area contributed by atoms with E-state index in [-0.39, 0.29) is 6.10 Å². The molecule has 2 nitrogen and oxygen atoms in total. The predicted octanol–water partition coefficient (Wildman–Crippen LogP) is 12.7. The number of ether oxygens (including phenoxy) is 1. The van der Waals surface area contributed by atoms with Crippen LogP contribution < -0.4 is 4.90 Å². The van der Waals surface area contributed by atoms with Gasteiger partial charge in [-0.1, -0.05) is 103 Å². The molecule has 52 heavy (non-hydrogen) atoms. The fraction of sp³-hybridized carbons (Fsp3) is 0.229. The van der Waals surface area contributed by atoms with Gasteiger partial charge in [0.2, 0.25) is 0 Å². The summed E-state index contributed by atoms with van der Waals surface area (Å²) in [5.74, 6) is 2.06. The number of anilines is 1. The maximum Gasteiger partial charge on any atom is 0.131 e. The van der Waals surface area contributed by atoms with E-state index in [2.05, 4.69) is 157 Å². The normalized spacial score (nSPS) is 25.7. The van der Waals surface area contributed by atoms with Crippen LogP contribution in [0.5, 0.6) is 0 Å². The molecular formula is C48H41NOS2. The molecule has 0 spiro atoms. The summed E-state index contributed by atoms with van der Waals surface area (Å²) in [5.41, 5.74) is 16.5. The number of allylic oxidation sites excluding steroid dienone is 11. The van der Waals surface area contributed by atoms with E-state index in [1.54, 1.807) is 4.91 Å². The first-order valence-electron chi connectivity index (χ1n) is 18.7. The standard InChI is InChI=1S/C48H41NOS2/c1-30-12-9-19-39(45(30)47-44(51-2)29-28-37-36-16-6-8-23-43(36)52-48(37)47)49(40-20-11-22-42-46(40)38-17-5-7-21-41(38)50-42)33-26-24-32(25-27-33)35-18-10-14-31-13-3-4-15-34(31)35/h3-6,8,10-11,13-16,18-21,23-27,29,36-37,42-43H,9,12,17,22,28H2,1-2H3. The Bertz CT molecular complexity index is 2380. The number of fused-ring (bicyclic) bond motifs is 6. The van der Waals surface area contributed by atoms with Crippen molar-refractivity contribution < 1.29 is 4.74 Å². The number of benzene rings is 3. The average molecular weight is 712 g/mol. The second kappa shape index (κ2) is 13.1. The first-order valence-corrected chi connectivity index (χ1v) is 20.8. The Balaban J connectivity index is 1.16. The van der Waals surface area contributed by atoms with E-state index in [4.69, 9.17) is 4.74 Å². The molecule has 0 radical (unpaired) electrons. The fourth-order valence-electron chi connectivity index (χ4n) is 9.29. The van der Waals surface area contributed by atoms with E-state index in [0.717, 1.165) is 37.9 Å². The van der Waals surface area contributed by atoms with Gasteiger partial charge in [-0.15, -0.1) is 29.3 Å². The molecule has 2 aliphatic heterocycles. The highest BCUT2D eigenvalue weighted by molar-refractivity contribution is 8.04. The van der Waals surface area contributed by atoms with Gasteiger partial charge in [0.25, 0.3) is 0 Å². The van der Waals surface area contributed by atoms with E-state index in [0.29, 0.717) is 17.1 Å². The summed E-state index contributed by atoms with van der Waals surface area (Å²) in [6.45, 7) is 2.39. The van der Waals surface area contributed by atoms with Crippen LogP contribution in [0.15, 0.2) is 188 Å². The maximum atomic E-state index is 6.64. The smallest absolute Gasteiger partial charge is 0.131 e. The molecule has 4 atom stereocenters. The van der Waals surface area contributed by atoms with Crippen LogP contribution in [0.2, 0.25) is 0 Å². The molecule has 0 bridgehead atoms. The summed E-state index contributed by atoms with van der Waals surface area (Å²) in [4.78, 5) is 5.59. The fourth-order valence-corrected chi connectivity index (χ4v) is 11.7. The molecule has 3 aromatic rings. The van der Waals surface area contributed by atoms with Gasteiger partial charge in [-0.05, 0) is 83.5 Å². The summed E-state index contributed by atoms with van der Waals surface area (Å²) in [6, 6.07) is 24.7. The number of rotatable bonds is 6. The van der Waals surface area contributed by atoms with Gasteiger partial charge in [0.05, 0.1) is 11.4 Å². The van der Waals surface area contributed by atoms with Crippen molar-refractivity contribution in [3.63, 3.8) is 0 Å². The Morgan fingerprint density at radius 3 is 2.69 bits per heavy atom. The second-order valence-corrected chi connectivity index (χ2v) is 16.6. The maximum absolute atomic E-state index is 6.64. The van der Waals surface area contributed by atoms with E-state index in [9.17, 15) is 0 Å². The van der Waals surface area contributed by atoms with E-state index in [1.807, 2.05) is 17.8 Å². The molecule has 1 saturated heterocycles. The van der Waals surface area contributed by atoms with Crippen molar-refractivity contribution in [2.45, 2.75) is 50.4 Å². The summed E-state index contributed by atoms with van der Waals surface area (Å²) < 4.78 is 6.64. The topological polar surface area (TPSA) is 12.5 Å². The van der Waals surface area contributed by atoms with E-state index >= 15 is 0 Å². The van der Waals surface area contributed by atoms with Crippen LogP contribution in [0.1, 0.15) is 39.0 Å². The quantitative estimate of drug-likeness (QED) is 0.236. The number of hydrogen-bond acceptors (Lipinski definition) is 4. The van der Waals surface area contributed by atoms with Gasteiger partial charge in [-0.2, -0.15) is 0 Å². The summed E-state index contributed by atoms with van der Waals surface area (Å²) in [5, 5.41) is 3.05. The lowest BCUT2D eigenvalue weighted by molar-refractivity contribution is 0.177. The highest BCUT2D eigenvalue weighted by Crippen LogP contribution is 2.58. The molecule has 0 aromatic heterocycles. The van der Waals surface area contributed by atoms with Crippen LogP contribution >= 0.6 is 23.5 Å². The minimum absolute atomic E-state index is 0.0135. The van der Waals surface area contributed by atoms with Crippen molar-refractivity contribution in [1.82, 2.24) is 0 Å². The molecule has 0 amide bonds. The van der Waals surface area contributed by atoms with Gasteiger partial charge in [0, 0.05) is 68.9 Å². The molecule has 1 fully saturated rings.